The number of amides is 2. The molecule has 1 fully saturated rings. The number of nitrogens with zero attached hydrogens (tertiary/aromatic N) is 3. The fourth-order valence-corrected chi connectivity index (χ4v) is 4.36. The van der Waals surface area contributed by atoms with Gasteiger partial charge in [-0.05, 0) is 36.4 Å². The summed E-state index contributed by atoms with van der Waals surface area (Å²) in [7, 11) is 0. The van der Waals surface area contributed by atoms with E-state index in [1.165, 1.54) is 0 Å². The van der Waals surface area contributed by atoms with Gasteiger partial charge in [0.25, 0.3) is 5.91 Å². The molecule has 2 aromatic heterocycles. The third-order valence-electron chi connectivity index (χ3n) is 5.25. The van der Waals surface area contributed by atoms with Crippen molar-refractivity contribution in [2.24, 2.45) is 0 Å². The van der Waals surface area contributed by atoms with E-state index in [2.05, 4.69) is 5.32 Å². The zero-order chi connectivity index (χ0) is 20.9. The maximum atomic E-state index is 12.6. The molecule has 4 rings (SSSR count). The Kier molecular flexibility index (Phi) is 5.96. The molecule has 1 saturated heterocycles. The average molecular weight is 419 g/mol. The molecule has 2 amide bonds. The molecule has 1 N–H and O–H groups in total. The van der Waals surface area contributed by atoms with Crippen molar-refractivity contribution in [3.05, 3.63) is 64.0 Å². The lowest BCUT2D eigenvalue weighted by Crippen LogP contribution is -2.30. The molecule has 6 nitrogen and oxygen atoms in total. The number of carbonyl (C=O) groups excluding carboxylic acids is 2. The Morgan fingerprint density at radius 3 is 2.70 bits per heavy atom. The maximum absolute atomic E-state index is 12.6. The minimum atomic E-state index is -0.407. The van der Waals surface area contributed by atoms with Crippen LogP contribution >= 0.6 is 11.3 Å². The van der Waals surface area contributed by atoms with E-state index < -0.39 is 5.91 Å². The number of nitrogens with one attached hydrogen (secondary N) is 1. The van der Waals surface area contributed by atoms with Crippen LogP contribution in [0.5, 0.6) is 0 Å². The topological polar surface area (TPSA) is 78.1 Å². The molecule has 0 radical (unpaired) electrons. The molecule has 0 spiro atoms. The molecule has 3 heterocycles. The second-order valence-corrected chi connectivity index (χ2v) is 8.28. The van der Waals surface area contributed by atoms with E-state index >= 15 is 0 Å². The molecular formula is C23H22N4O2S. The molecule has 7 heteroatoms. The highest BCUT2D eigenvalue weighted by molar-refractivity contribution is 7.09. The van der Waals surface area contributed by atoms with Crippen LogP contribution < -0.4 is 5.32 Å². The van der Waals surface area contributed by atoms with Gasteiger partial charge < -0.3 is 14.8 Å². The second-order valence-electron chi connectivity index (χ2n) is 7.25. The first kappa shape index (κ1) is 19.9. The molecule has 1 aliphatic rings. The number of hydrogen-bond donors (Lipinski definition) is 1. The largest absolute Gasteiger partial charge is 0.347 e. The van der Waals surface area contributed by atoms with Gasteiger partial charge in [-0.15, -0.1) is 11.3 Å². The first-order valence-electron chi connectivity index (χ1n) is 9.94. The number of thiophene rings is 1. The van der Waals surface area contributed by atoms with Crippen molar-refractivity contribution >= 4 is 40.1 Å². The first-order valence-corrected chi connectivity index (χ1v) is 10.8. The summed E-state index contributed by atoms with van der Waals surface area (Å²) in [6.07, 6.45) is 5.56. The molecule has 1 aromatic carbocycles. The Morgan fingerprint density at radius 1 is 1.17 bits per heavy atom. The van der Waals surface area contributed by atoms with Gasteiger partial charge in [-0.25, -0.2) is 0 Å². The van der Waals surface area contributed by atoms with E-state index in [0.717, 1.165) is 47.3 Å². The highest BCUT2D eigenvalue weighted by Gasteiger charge is 2.19. The van der Waals surface area contributed by atoms with Crippen LogP contribution in [0.15, 0.2) is 53.5 Å². The number of nitriles is 1. The number of rotatable bonds is 6. The summed E-state index contributed by atoms with van der Waals surface area (Å²) in [5.74, 6) is -0.311. The van der Waals surface area contributed by atoms with Crippen molar-refractivity contribution in [2.45, 2.75) is 25.9 Å². The predicted molar refractivity (Wildman–Crippen MR) is 118 cm³/mol. The quantitative estimate of drug-likeness (QED) is 0.491. The van der Waals surface area contributed by atoms with Gasteiger partial charge in [0.05, 0.1) is 6.54 Å². The van der Waals surface area contributed by atoms with Gasteiger partial charge in [-0.2, -0.15) is 5.26 Å². The smallest absolute Gasteiger partial charge is 0.262 e. The molecule has 152 valence electrons. The van der Waals surface area contributed by atoms with Crippen molar-refractivity contribution in [2.75, 3.05) is 13.1 Å². The zero-order valence-electron chi connectivity index (χ0n) is 16.5. The molecule has 0 bridgehead atoms. The summed E-state index contributed by atoms with van der Waals surface area (Å²) in [5.41, 5.74) is 1.70. The van der Waals surface area contributed by atoms with Crippen molar-refractivity contribution in [1.82, 2.24) is 14.8 Å². The molecule has 3 aromatic rings. The number of para-hydroxylation sites is 1. The zero-order valence-corrected chi connectivity index (χ0v) is 17.3. The van der Waals surface area contributed by atoms with Crippen molar-refractivity contribution in [1.29, 1.82) is 5.26 Å². The molecule has 0 unspecified atom stereocenters. The number of benzene rings is 1. The number of hydrogen-bond acceptors (Lipinski definition) is 4. The van der Waals surface area contributed by atoms with E-state index in [4.69, 9.17) is 0 Å². The fourth-order valence-electron chi connectivity index (χ4n) is 3.71. The minimum absolute atomic E-state index is 0.0420. The summed E-state index contributed by atoms with van der Waals surface area (Å²) in [4.78, 5) is 28.0. The van der Waals surface area contributed by atoms with Gasteiger partial charge in [0.1, 0.15) is 18.2 Å². The molecular weight excluding hydrogens is 396 g/mol. The summed E-state index contributed by atoms with van der Waals surface area (Å²) in [6, 6.07) is 13.6. The van der Waals surface area contributed by atoms with Gasteiger partial charge in [-0.3, -0.25) is 9.59 Å². The molecule has 0 aliphatic carbocycles. The van der Waals surface area contributed by atoms with E-state index in [-0.39, 0.29) is 18.0 Å². The lowest BCUT2D eigenvalue weighted by Gasteiger charge is -2.15. The summed E-state index contributed by atoms with van der Waals surface area (Å²) in [5, 5.41) is 15.2. The van der Waals surface area contributed by atoms with E-state index in [9.17, 15) is 14.9 Å². The molecule has 30 heavy (non-hydrogen) atoms. The van der Waals surface area contributed by atoms with Crippen molar-refractivity contribution in [3.63, 3.8) is 0 Å². The van der Waals surface area contributed by atoms with Gasteiger partial charge in [0, 0.05) is 40.6 Å². The molecule has 0 atom stereocenters. The van der Waals surface area contributed by atoms with E-state index in [1.54, 1.807) is 17.4 Å². The van der Waals surface area contributed by atoms with Crippen molar-refractivity contribution in [3.8, 4) is 6.07 Å². The lowest BCUT2D eigenvalue weighted by molar-refractivity contribution is -0.130. The van der Waals surface area contributed by atoms with Gasteiger partial charge in [0.2, 0.25) is 5.91 Å². The molecule has 1 aliphatic heterocycles. The summed E-state index contributed by atoms with van der Waals surface area (Å²) in [6.45, 7) is 2.27. The Balaban J connectivity index is 1.58. The lowest BCUT2D eigenvalue weighted by atomic mass is 10.1. The Morgan fingerprint density at radius 2 is 1.97 bits per heavy atom. The highest BCUT2D eigenvalue weighted by Crippen LogP contribution is 2.24. The first-order chi connectivity index (χ1) is 14.7. The third kappa shape index (κ3) is 4.29. The van der Waals surface area contributed by atoms with Crippen LogP contribution in [0.1, 0.15) is 23.3 Å². The maximum Gasteiger partial charge on any atom is 0.262 e. The summed E-state index contributed by atoms with van der Waals surface area (Å²) >= 11 is 1.55. The average Bonchev–Trinajstić information content (AvgIpc) is 3.52. The van der Waals surface area contributed by atoms with Crippen LogP contribution in [0.25, 0.3) is 17.0 Å². The van der Waals surface area contributed by atoms with Crippen LogP contribution in [0.3, 0.4) is 0 Å². The number of likely N-dealkylation sites (tertiary alicyclic amines) is 1. The van der Waals surface area contributed by atoms with Crippen LogP contribution in [0.2, 0.25) is 0 Å². The van der Waals surface area contributed by atoms with Crippen molar-refractivity contribution < 1.29 is 9.59 Å². The predicted octanol–water partition coefficient (Wildman–Crippen LogP) is 3.55. The number of carbonyl (C=O) groups is 2. The van der Waals surface area contributed by atoms with E-state index in [0.29, 0.717) is 6.54 Å². The number of fused-ring (bicyclic) bond motifs is 1. The van der Waals surface area contributed by atoms with E-state index in [1.807, 2.05) is 63.5 Å². The number of aromatic nitrogens is 1. The SMILES string of the molecule is N#C/C(=C\c1cn(CC(=O)N2CCCC2)c2ccccc12)C(=O)NCc1cccs1. The Hall–Kier alpha value is -3.37. The van der Waals surface area contributed by atoms with Crippen LogP contribution in [0, 0.1) is 11.3 Å². The highest BCUT2D eigenvalue weighted by atomic mass is 32.1. The van der Waals surface area contributed by atoms with Gasteiger partial charge >= 0.3 is 0 Å². The summed E-state index contributed by atoms with van der Waals surface area (Å²) < 4.78 is 1.90. The van der Waals surface area contributed by atoms with Crippen LogP contribution in [0.4, 0.5) is 0 Å². The second kappa shape index (κ2) is 8.97. The molecule has 0 saturated carbocycles. The fraction of sp³-hybridized carbons (Fsp3) is 0.261. The third-order valence-corrected chi connectivity index (χ3v) is 6.13. The monoisotopic (exact) mass is 418 g/mol. The van der Waals surface area contributed by atoms with Crippen LogP contribution in [-0.4, -0.2) is 34.4 Å². The van der Waals surface area contributed by atoms with Gasteiger partial charge in [0.15, 0.2) is 0 Å². The Bertz CT molecular complexity index is 1130. The normalized spacial score (nSPS) is 14.1. The Labute approximate surface area is 179 Å². The minimum Gasteiger partial charge on any atom is -0.347 e. The van der Waals surface area contributed by atoms with Crippen LogP contribution in [-0.2, 0) is 22.7 Å². The standard InChI is InChI=1S/C23H22N4O2S/c24-13-17(23(29)25-14-19-6-5-11-30-19)12-18-15-27(21-8-2-1-7-20(18)21)16-22(28)26-9-3-4-10-26/h1-2,5-8,11-12,15H,3-4,9-10,14,16H2,(H,25,29)/b17-12+. The van der Waals surface area contributed by atoms with Gasteiger partial charge in [-0.1, -0.05) is 24.3 Å².